The van der Waals surface area contributed by atoms with Gasteiger partial charge in [-0.2, -0.15) is 21.6 Å². The van der Waals surface area contributed by atoms with Crippen LogP contribution in [0, 0.1) is 0 Å². The molecule has 5 nitrogen and oxygen atoms in total. The summed E-state index contributed by atoms with van der Waals surface area (Å²) in [5.41, 5.74) is -4.41. The largest absolute Gasteiger partial charge is 0.516 e. The summed E-state index contributed by atoms with van der Waals surface area (Å²) in [6, 6.07) is 3.59. The maximum atomic E-state index is 12.5. The fraction of sp³-hybridized carbons (Fsp3) is 0.250. The van der Waals surface area contributed by atoms with Crippen molar-refractivity contribution in [3.63, 3.8) is 0 Å². The zero-order chi connectivity index (χ0) is 17.7. The Morgan fingerprint density at radius 3 is 2.65 bits per heavy atom. The molecule has 128 valence electrons. The monoisotopic (exact) mass is 390 g/mol. The van der Waals surface area contributed by atoms with E-state index >= 15 is 0 Å². The second kappa shape index (κ2) is 7.89. The van der Waals surface area contributed by atoms with Crippen LogP contribution in [0.2, 0.25) is 5.02 Å². The number of rotatable bonds is 6. The van der Waals surface area contributed by atoms with E-state index < -0.39 is 15.5 Å². The molecule has 0 amide bonds. The third-order valence-electron chi connectivity index (χ3n) is 2.38. The van der Waals surface area contributed by atoms with E-state index in [2.05, 4.69) is 5.16 Å². The number of anilines is 1. The van der Waals surface area contributed by atoms with Crippen molar-refractivity contribution in [1.82, 2.24) is 0 Å². The molecule has 1 aromatic carbocycles. The van der Waals surface area contributed by atoms with Gasteiger partial charge in [0.1, 0.15) is 6.61 Å². The fourth-order valence-electron chi connectivity index (χ4n) is 1.37. The number of hydrogen-bond donors (Lipinski definition) is 1. The van der Waals surface area contributed by atoms with Gasteiger partial charge in [-0.1, -0.05) is 28.4 Å². The zero-order valence-electron chi connectivity index (χ0n) is 11.6. The molecule has 0 spiro atoms. The number of sulfonamides is 1. The minimum Gasteiger partial charge on any atom is -0.391 e. The summed E-state index contributed by atoms with van der Waals surface area (Å²) >= 11 is 11.1. The van der Waals surface area contributed by atoms with E-state index in [9.17, 15) is 21.6 Å². The third-order valence-corrected chi connectivity index (χ3v) is 3.89. The predicted octanol–water partition coefficient (Wildman–Crippen LogP) is 4.09. The van der Waals surface area contributed by atoms with Crippen molar-refractivity contribution in [2.45, 2.75) is 12.4 Å². The molecule has 0 aromatic heterocycles. The molecule has 1 aromatic rings. The summed E-state index contributed by atoms with van der Waals surface area (Å²) < 4.78 is 61.3. The van der Waals surface area contributed by atoms with Gasteiger partial charge >= 0.3 is 15.5 Å². The third kappa shape index (κ3) is 5.60. The van der Waals surface area contributed by atoms with Gasteiger partial charge in [0.25, 0.3) is 0 Å². The summed E-state index contributed by atoms with van der Waals surface area (Å²) in [6.07, 6.45) is 1.43. The summed E-state index contributed by atoms with van der Waals surface area (Å²) in [6.45, 7) is 1.45. The Balaban J connectivity index is 3.16. The highest BCUT2D eigenvalue weighted by atomic mass is 35.5. The topological polar surface area (TPSA) is 67.8 Å². The van der Waals surface area contributed by atoms with Crippen molar-refractivity contribution in [3.05, 3.63) is 40.4 Å². The lowest BCUT2D eigenvalue weighted by Gasteiger charge is -2.14. The molecule has 0 aliphatic rings. The van der Waals surface area contributed by atoms with Crippen LogP contribution >= 0.6 is 23.2 Å². The number of oxime groups is 1. The van der Waals surface area contributed by atoms with Gasteiger partial charge in [-0.05, 0) is 31.2 Å². The van der Waals surface area contributed by atoms with Gasteiger partial charge in [0.05, 0.1) is 11.4 Å². The average molecular weight is 391 g/mol. The molecule has 1 N–H and O–H groups in total. The fourth-order valence-corrected chi connectivity index (χ4v) is 2.20. The number of nitrogens with zero attached hydrogens (tertiary/aromatic N) is 1. The van der Waals surface area contributed by atoms with Crippen molar-refractivity contribution in [2.75, 3.05) is 11.3 Å². The van der Waals surface area contributed by atoms with E-state index in [-0.39, 0.29) is 28.6 Å². The molecule has 11 heteroatoms. The van der Waals surface area contributed by atoms with E-state index in [0.717, 1.165) is 6.07 Å². The van der Waals surface area contributed by atoms with Crippen LogP contribution in [-0.4, -0.2) is 26.2 Å². The van der Waals surface area contributed by atoms with Crippen LogP contribution in [0.25, 0.3) is 0 Å². The summed E-state index contributed by atoms with van der Waals surface area (Å²) in [5.74, 6) is 0. The van der Waals surface area contributed by atoms with E-state index in [0.29, 0.717) is 0 Å². The Kier molecular flexibility index (Phi) is 6.72. The first kappa shape index (κ1) is 19.6. The zero-order valence-corrected chi connectivity index (χ0v) is 13.9. The van der Waals surface area contributed by atoms with Crippen molar-refractivity contribution in [2.24, 2.45) is 5.16 Å². The lowest BCUT2D eigenvalue weighted by atomic mass is 10.1. The Hall–Kier alpha value is -1.45. The molecule has 0 aliphatic carbocycles. The maximum absolute atomic E-state index is 12.5. The maximum Gasteiger partial charge on any atom is 0.516 e. The van der Waals surface area contributed by atoms with Crippen molar-refractivity contribution in [1.29, 1.82) is 0 Å². The van der Waals surface area contributed by atoms with Crippen LogP contribution in [0.4, 0.5) is 18.9 Å². The number of alkyl halides is 3. The van der Waals surface area contributed by atoms with Gasteiger partial charge in [-0.25, -0.2) is 0 Å². The van der Waals surface area contributed by atoms with E-state index in [1.54, 1.807) is 0 Å². The molecule has 0 atom stereocenters. The summed E-state index contributed by atoms with van der Waals surface area (Å²) in [4.78, 5) is 4.86. The Morgan fingerprint density at radius 2 is 2.09 bits per heavy atom. The van der Waals surface area contributed by atoms with Crippen LogP contribution in [0.3, 0.4) is 0 Å². The van der Waals surface area contributed by atoms with Gasteiger partial charge in [-0.15, -0.1) is 0 Å². The minimum atomic E-state index is -5.57. The minimum absolute atomic E-state index is 0.0328. The molecule has 0 saturated heterocycles. The van der Waals surface area contributed by atoms with Gasteiger partial charge < -0.3 is 4.84 Å². The number of hydrogen-bond acceptors (Lipinski definition) is 4. The number of halogens is 5. The van der Waals surface area contributed by atoms with E-state index in [4.69, 9.17) is 28.0 Å². The van der Waals surface area contributed by atoms with Crippen LogP contribution < -0.4 is 4.72 Å². The van der Waals surface area contributed by atoms with Crippen LogP contribution in [0.5, 0.6) is 0 Å². The molecule has 0 fully saturated rings. The summed E-state index contributed by atoms with van der Waals surface area (Å²) in [5, 5.41) is 3.84. The second-order valence-corrected chi connectivity index (χ2v) is 6.44. The smallest absolute Gasteiger partial charge is 0.391 e. The highest BCUT2D eigenvalue weighted by Gasteiger charge is 2.46. The van der Waals surface area contributed by atoms with Gasteiger partial charge in [0.2, 0.25) is 0 Å². The SMILES string of the molecule is C/C(=N\OC/C=C\Cl)c1cc(Cl)ccc1NS(=O)(=O)C(F)(F)F. The molecule has 23 heavy (non-hydrogen) atoms. The molecule has 0 heterocycles. The lowest BCUT2D eigenvalue weighted by Crippen LogP contribution is -2.30. The predicted molar refractivity (Wildman–Crippen MR) is 83.2 cm³/mol. The van der Waals surface area contributed by atoms with Gasteiger partial charge in [0, 0.05) is 16.1 Å². The highest BCUT2D eigenvalue weighted by Crippen LogP contribution is 2.28. The lowest BCUT2D eigenvalue weighted by molar-refractivity contribution is -0.0429. The first-order valence-corrected chi connectivity index (χ1v) is 8.19. The van der Waals surface area contributed by atoms with E-state index in [1.807, 2.05) is 0 Å². The van der Waals surface area contributed by atoms with Crippen molar-refractivity contribution < 1.29 is 26.4 Å². The van der Waals surface area contributed by atoms with Crippen molar-refractivity contribution >= 4 is 44.6 Å². The molecular weight excluding hydrogens is 380 g/mol. The van der Waals surface area contributed by atoms with Crippen LogP contribution in [0.1, 0.15) is 12.5 Å². The van der Waals surface area contributed by atoms with Gasteiger partial charge in [0.15, 0.2) is 0 Å². The Bertz CT molecular complexity index is 719. The molecular formula is C12H11Cl2F3N2O3S. The Labute approximate surface area is 140 Å². The molecule has 0 unspecified atom stereocenters. The first-order chi connectivity index (χ1) is 10.6. The van der Waals surface area contributed by atoms with Crippen LogP contribution in [-0.2, 0) is 14.9 Å². The normalized spacial score (nSPS) is 13.4. The average Bonchev–Trinajstić information content (AvgIpc) is 2.44. The quantitative estimate of drug-likeness (QED) is 0.451. The molecule has 0 radical (unpaired) electrons. The summed E-state index contributed by atoms with van der Waals surface area (Å²) in [7, 11) is -5.57. The van der Waals surface area contributed by atoms with Gasteiger partial charge in [-0.3, -0.25) is 4.72 Å². The highest BCUT2D eigenvalue weighted by molar-refractivity contribution is 7.93. The second-order valence-electron chi connectivity index (χ2n) is 4.08. The molecule has 1 rings (SSSR count). The Morgan fingerprint density at radius 1 is 1.43 bits per heavy atom. The number of nitrogens with one attached hydrogen (secondary N) is 1. The molecule has 0 aliphatic heterocycles. The first-order valence-electron chi connectivity index (χ1n) is 5.89. The molecule has 0 bridgehead atoms. The number of benzene rings is 1. The van der Waals surface area contributed by atoms with E-state index in [1.165, 1.54) is 35.4 Å². The van der Waals surface area contributed by atoms with Crippen LogP contribution in [0.15, 0.2) is 35.0 Å². The standard InChI is InChI=1S/C12H11Cl2F3N2O3S/c1-8(18-22-6-2-5-13)10-7-9(14)3-4-11(10)19-23(20,21)12(15,16)17/h2-5,7,19H,6H2,1H3/b5-2-,18-8+. The molecule has 0 saturated carbocycles. The van der Waals surface area contributed by atoms with Crippen molar-refractivity contribution in [3.8, 4) is 0 Å².